The Balaban J connectivity index is 1.67. The number of nitrogens with one attached hydrogen (secondary N) is 1. The summed E-state index contributed by atoms with van der Waals surface area (Å²) in [5, 5.41) is 8.00. The van der Waals surface area contributed by atoms with Crippen LogP contribution in [0.2, 0.25) is 0 Å². The molecule has 1 atom stereocenters. The Morgan fingerprint density at radius 3 is 2.69 bits per heavy atom. The summed E-state index contributed by atoms with van der Waals surface area (Å²) < 4.78 is 5.51. The van der Waals surface area contributed by atoms with Crippen LogP contribution < -0.4 is 11.1 Å². The molecule has 0 saturated heterocycles. The normalized spacial score (nSPS) is 18.9. The Hall–Kier alpha value is -1.95. The van der Waals surface area contributed by atoms with Gasteiger partial charge in [0.05, 0.1) is 16.6 Å². The van der Waals surface area contributed by atoms with Gasteiger partial charge in [-0.15, -0.1) is 0 Å². The molecule has 0 spiro atoms. The third kappa shape index (κ3) is 3.75. The Morgan fingerprint density at radius 1 is 1.35 bits per heavy atom. The zero-order chi connectivity index (χ0) is 18.5. The molecule has 0 bridgehead atoms. The van der Waals surface area contributed by atoms with Crippen LogP contribution in [0.4, 0.5) is 0 Å². The number of pyridine rings is 1. The smallest absolute Gasteiger partial charge is 0.259 e. The van der Waals surface area contributed by atoms with Gasteiger partial charge in [0.15, 0.2) is 0 Å². The number of nitrogens with two attached hydrogens (primary N) is 1. The molecule has 140 valence electrons. The molecule has 2 aromatic rings. The van der Waals surface area contributed by atoms with Crippen molar-refractivity contribution in [3.05, 3.63) is 23.0 Å². The predicted molar refractivity (Wildman–Crippen MR) is 100.0 cm³/mol. The lowest BCUT2D eigenvalue weighted by Gasteiger charge is -2.17. The molecule has 4 rings (SSSR count). The summed E-state index contributed by atoms with van der Waals surface area (Å²) in [7, 11) is 0. The summed E-state index contributed by atoms with van der Waals surface area (Å²) >= 11 is 0. The highest BCUT2D eigenvalue weighted by atomic mass is 16.5. The maximum absolute atomic E-state index is 13.0. The molecule has 3 N–H and O–H groups in total. The summed E-state index contributed by atoms with van der Waals surface area (Å²) in [6.45, 7) is 6.95. The maximum atomic E-state index is 13.0. The standard InChI is InChI=1S/C20H28N4O2/c1-20(2,3)9-16-17-13(18(25)22-10-14(21)11-4-5-11)8-15(12-6-7-12)23-19(17)26-24-16/h8,11-12,14H,4-7,9-10,21H2,1-3H3,(H,22,25). The fourth-order valence-electron chi connectivity index (χ4n) is 3.42. The van der Waals surface area contributed by atoms with Crippen molar-refractivity contribution in [3.63, 3.8) is 0 Å². The van der Waals surface area contributed by atoms with E-state index in [-0.39, 0.29) is 17.4 Å². The van der Waals surface area contributed by atoms with E-state index in [0.717, 1.165) is 36.0 Å². The molecule has 0 aromatic carbocycles. The molecule has 2 fully saturated rings. The maximum Gasteiger partial charge on any atom is 0.259 e. The molecular weight excluding hydrogens is 328 g/mol. The average molecular weight is 356 g/mol. The summed E-state index contributed by atoms with van der Waals surface area (Å²) in [5.41, 5.74) is 9.03. The van der Waals surface area contributed by atoms with Gasteiger partial charge in [-0.05, 0) is 49.5 Å². The van der Waals surface area contributed by atoms with Gasteiger partial charge >= 0.3 is 0 Å². The van der Waals surface area contributed by atoms with Crippen LogP contribution in [0.15, 0.2) is 10.6 Å². The first-order valence-electron chi connectivity index (χ1n) is 9.65. The third-order valence-electron chi connectivity index (χ3n) is 5.20. The number of rotatable bonds is 6. The monoisotopic (exact) mass is 356 g/mol. The number of carbonyl (C=O) groups is 1. The first kappa shape index (κ1) is 17.5. The molecule has 1 amide bonds. The van der Waals surface area contributed by atoms with Crippen molar-refractivity contribution in [1.29, 1.82) is 0 Å². The molecule has 2 aromatic heterocycles. The van der Waals surface area contributed by atoms with Crippen LogP contribution in [0.1, 0.15) is 74.1 Å². The SMILES string of the molecule is CC(C)(C)Cc1noc2nc(C3CC3)cc(C(=O)NCC(N)C3CC3)c12. The van der Waals surface area contributed by atoms with Crippen LogP contribution >= 0.6 is 0 Å². The molecule has 2 aliphatic rings. The van der Waals surface area contributed by atoms with Crippen molar-refractivity contribution in [2.24, 2.45) is 17.1 Å². The van der Waals surface area contributed by atoms with E-state index < -0.39 is 0 Å². The van der Waals surface area contributed by atoms with Crippen molar-refractivity contribution in [3.8, 4) is 0 Å². The summed E-state index contributed by atoms with van der Waals surface area (Å²) in [5.74, 6) is 0.895. The molecule has 6 heteroatoms. The van der Waals surface area contributed by atoms with Crippen molar-refractivity contribution in [2.75, 3.05) is 6.54 Å². The van der Waals surface area contributed by atoms with Crippen molar-refractivity contribution >= 4 is 17.0 Å². The lowest BCUT2D eigenvalue weighted by Crippen LogP contribution is -2.38. The van der Waals surface area contributed by atoms with Crippen LogP contribution in [-0.4, -0.2) is 28.6 Å². The molecule has 2 heterocycles. The third-order valence-corrected chi connectivity index (χ3v) is 5.20. The number of aromatic nitrogens is 2. The second kappa shape index (κ2) is 6.34. The topological polar surface area (TPSA) is 94.0 Å². The summed E-state index contributed by atoms with van der Waals surface area (Å²) in [4.78, 5) is 17.6. The van der Waals surface area contributed by atoms with E-state index in [4.69, 9.17) is 10.3 Å². The molecule has 2 saturated carbocycles. The van der Waals surface area contributed by atoms with Gasteiger partial charge in [0.1, 0.15) is 0 Å². The average Bonchev–Trinajstić information content (AvgIpc) is 3.47. The predicted octanol–water partition coefficient (Wildman–Crippen LogP) is 3.16. The van der Waals surface area contributed by atoms with E-state index in [9.17, 15) is 4.79 Å². The zero-order valence-corrected chi connectivity index (χ0v) is 15.8. The van der Waals surface area contributed by atoms with Crippen molar-refractivity contribution in [2.45, 2.75) is 64.8 Å². The first-order valence-corrected chi connectivity index (χ1v) is 9.65. The van der Waals surface area contributed by atoms with E-state index in [0.29, 0.717) is 29.7 Å². The zero-order valence-electron chi connectivity index (χ0n) is 15.8. The Morgan fingerprint density at radius 2 is 2.08 bits per heavy atom. The fourth-order valence-corrected chi connectivity index (χ4v) is 3.42. The molecular formula is C20H28N4O2. The lowest BCUT2D eigenvalue weighted by atomic mass is 9.89. The number of hydrogen-bond acceptors (Lipinski definition) is 5. The Labute approximate surface area is 153 Å². The minimum atomic E-state index is -0.103. The number of nitrogens with zero attached hydrogens (tertiary/aromatic N) is 2. The van der Waals surface area contributed by atoms with Gasteiger partial charge in [0, 0.05) is 24.2 Å². The minimum Gasteiger partial charge on any atom is -0.350 e. The van der Waals surface area contributed by atoms with Crippen molar-refractivity contribution in [1.82, 2.24) is 15.5 Å². The fraction of sp³-hybridized carbons (Fsp3) is 0.650. The number of carbonyl (C=O) groups excluding carboxylic acids is 1. The molecule has 0 radical (unpaired) electrons. The van der Waals surface area contributed by atoms with Crippen molar-refractivity contribution < 1.29 is 9.32 Å². The molecule has 2 aliphatic carbocycles. The summed E-state index contributed by atoms with van der Waals surface area (Å²) in [6, 6.07) is 1.97. The Bertz CT molecular complexity index is 828. The van der Waals surface area contributed by atoms with Gasteiger partial charge < -0.3 is 15.6 Å². The van der Waals surface area contributed by atoms with E-state index in [1.165, 1.54) is 12.8 Å². The highest BCUT2D eigenvalue weighted by molar-refractivity contribution is 6.06. The largest absolute Gasteiger partial charge is 0.350 e. The molecule has 6 nitrogen and oxygen atoms in total. The molecule has 0 aliphatic heterocycles. The number of hydrogen-bond donors (Lipinski definition) is 2. The van der Waals surface area contributed by atoms with Crippen LogP contribution in [0, 0.1) is 11.3 Å². The van der Waals surface area contributed by atoms with Gasteiger partial charge in [-0.1, -0.05) is 25.9 Å². The van der Waals surface area contributed by atoms with Crippen LogP contribution in [0.3, 0.4) is 0 Å². The number of fused-ring (bicyclic) bond motifs is 1. The lowest BCUT2D eigenvalue weighted by molar-refractivity contribution is 0.0951. The van der Waals surface area contributed by atoms with Gasteiger partial charge in [-0.3, -0.25) is 4.79 Å². The van der Waals surface area contributed by atoms with Gasteiger partial charge in [0.25, 0.3) is 11.6 Å². The quantitative estimate of drug-likeness (QED) is 0.829. The molecule has 26 heavy (non-hydrogen) atoms. The highest BCUT2D eigenvalue weighted by Crippen LogP contribution is 2.41. The van der Waals surface area contributed by atoms with Gasteiger partial charge in [-0.25, -0.2) is 4.98 Å². The van der Waals surface area contributed by atoms with Gasteiger partial charge in [-0.2, -0.15) is 0 Å². The highest BCUT2D eigenvalue weighted by Gasteiger charge is 2.31. The van der Waals surface area contributed by atoms with Crippen LogP contribution in [0.25, 0.3) is 11.1 Å². The van der Waals surface area contributed by atoms with Crippen LogP contribution in [0.5, 0.6) is 0 Å². The second-order valence-corrected chi connectivity index (χ2v) is 9.13. The van der Waals surface area contributed by atoms with E-state index >= 15 is 0 Å². The minimum absolute atomic E-state index is 0.0377. The van der Waals surface area contributed by atoms with E-state index in [1.807, 2.05) is 6.07 Å². The number of amides is 1. The van der Waals surface area contributed by atoms with Gasteiger partial charge in [0.2, 0.25) is 0 Å². The van der Waals surface area contributed by atoms with Crippen LogP contribution in [-0.2, 0) is 6.42 Å². The van der Waals surface area contributed by atoms with E-state index in [2.05, 4.69) is 36.2 Å². The van der Waals surface area contributed by atoms with E-state index in [1.54, 1.807) is 0 Å². The second-order valence-electron chi connectivity index (χ2n) is 9.13. The summed E-state index contributed by atoms with van der Waals surface area (Å²) in [6.07, 6.45) is 5.31. The first-order chi connectivity index (χ1) is 12.3. The molecule has 1 unspecified atom stereocenters. The Kier molecular flexibility index (Phi) is 4.26.